The van der Waals surface area contributed by atoms with Crippen LogP contribution >= 0.6 is 12.2 Å². The molecule has 0 radical (unpaired) electrons. The molecule has 0 aliphatic rings. The van der Waals surface area contributed by atoms with Crippen molar-refractivity contribution in [1.29, 1.82) is 5.26 Å². The minimum Gasteiger partial charge on any atom is -0.504 e. The van der Waals surface area contributed by atoms with Gasteiger partial charge in [-0.1, -0.05) is 18.3 Å². The zero-order valence-corrected chi connectivity index (χ0v) is 11.3. The number of thiocarbonyl (C=S) groups is 1. The fourth-order valence-corrected chi connectivity index (χ4v) is 1.67. The van der Waals surface area contributed by atoms with Crippen molar-refractivity contribution in [3.05, 3.63) is 41.5 Å². The Morgan fingerprint density at radius 3 is 2.79 bits per heavy atom. The lowest BCUT2D eigenvalue weighted by molar-refractivity contribution is 0.371. The van der Waals surface area contributed by atoms with Gasteiger partial charge >= 0.3 is 0 Å². The third-order valence-corrected chi connectivity index (χ3v) is 2.68. The molecule has 0 aliphatic carbocycles. The van der Waals surface area contributed by atoms with Crippen LogP contribution in [0.4, 0.5) is 0 Å². The first-order valence-electron chi connectivity index (χ1n) is 5.45. The van der Waals surface area contributed by atoms with Crippen LogP contribution < -0.4 is 10.5 Å². The van der Waals surface area contributed by atoms with Crippen molar-refractivity contribution >= 4 is 23.3 Å². The van der Waals surface area contributed by atoms with E-state index < -0.39 is 0 Å². The van der Waals surface area contributed by atoms with Gasteiger partial charge in [-0.25, -0.2) is 0 Å². The number of hydrogen-bond donors (Lipinski definition) is 2. The van der Waals surface area contributed by atoms with E-state index in [9.17, 15) is 5.11 Å². The van der Waals surface area contributed by atoms with Crippen LogP contribution in [0.2, 0.25) is 0 Å². The van der Waals surface area contributed by atoms with E-state index in [0.29, 0.717) is 23.3 Å². The topological polar surface area (TPSA) is 79.3 Å². The summed E-state index contributed by atoms with van der Waals surface area (Å²) in [5.41, 5.74) is 6.97. The van der Waals surface area contributed by atoms with Crippen molar-refractivity contribution in [1.82, 2.24) is 0 Å². The molecule has 0 unspecified atom stereocenters. The highest BCUT2D eigenvalue weighted by molar-refractivity contribution is 7.80. The van der Waals surface area contributed by atoms with Gasteiger partial charge in [-0.15, -0.1) is 6.58 Å². The molecule has 0 spiro atoms. The summed E-state index contributed by atoms with van der Waals surface area (Å²) in [6, 6.07) is 5.26. The number of nitriles is 1. The van der Waals surface area contributed by atoms with Crippen LogP contribution in [0.3, 0.4) is 0 Å². The lowest BCUT2D eigenvalue weighted by Gasteiger charge is -2.09. The fraction of sp³-hybridized carbons (Fsp3) is 0.143. The predicted molar refractivity (Wildman–Crippen MR) is 78.9 cm³/mol. The standard InChI is InChI=1S/C14H14N2O2S/c1-3-4-10-5-9(6-11(8-15)14(16)19)7-12(18-2)13(10)17/h3,5-7,17H,1,4H2,2H3,(H2,16,19)/b11-6-. The van der Waals surface area contributed by atoms with E-state index in [1.807, 2.05) is 6.07 Å². The average Bonchev–Trinajstić information content (AvgIpc) is 2.39. The highest BCUT2D eigenvalue weighted by atomic mass is 32.1. The zero-order chi connectivity index (χ0) is 14.4. The number of phenolic OH excluding ortho intramolecular Hbond substituents is 1. The van der Waals surface area contributed by atoms with Gasteiger partial charge in [0.2, 0.25) is 0 Å². The van der Waals surface area contributed by atoms with E-state index in [2.05, 4.69) is 6.58 Å². The van der Waals surface area contributed by atoms with Gasteiger partial charge < -0.3 is 15.6 Å². The highest BCUT2D eigenvalue weighted by Crippen LogP contribution is 2.32. The minimum atomic E-state index is 0.0276. The molecule has 19 heavy (non-hydrogen) atoms. The largest absolute Gasteiger partial charge is 0.504 e. The van der Waals surface area contributed by atoms with Crippen LogP contribution in [0.25, 0.3) is 6.08 Å². The molecular weight excluding hydrogens is 260 g/mol. The average molecular weight is 274 g/mol. The Kier molecular flexibility index (Phi) is 5.10. The molecule has 0 saturated carbocycles. The molecule has 3 N–H and O–H groups in total. The lowest BCUT2D eigenvalue weighted by Crippen LogP contribution is -2.09. The smallest absolute Gasteiger partial charge is 0.161 e. The number of benzene rings is 1. The monoisotopic (exact) mass is 274 g/mol. The van der Waals surface area contributed by atoms with Crippen LogP contribution in [-0.4, -0.2) is 17.2 Å². The molecule has 0 aliphatic heterocycles. The summed E-state index contributed by atoms with van der Waals surface area (Å²) in [5.74, 6) is 0.388. The molecule has 0 fully saturated rings. The van der Waals surface area contributed by atoms with Gasteiger partial charge in [0.15, 0.2) is 11.5 Å². The molecule has 0 amide bonds. The maximum Gasteiger partial charge on any atom is 0.161 e. The Morgan fingerprint density at radius 2 is 2.32 bits per heavy atom. The zero-order valence-electron chi connectivity index (χ0n) is 10.5. The Bertz CT molecular complexity index is 586. The van der Waals surface area contributed by atoms with Crippen molar-refractivity contribution in [2.24, 2.45) is 5.73 Å². The number of hydrogen-bond acceptors (Lipinski definition) is 4. The summed E-state index contributed by atoms with van der Waals surface area (Å²) in [7, 11) is 1.46. The number of methoxy groups -OCH3 is 1. The first-order chi connectivity index (χ1) is 9.03. The second kappa shape index (κ2) is 6.57. The molecule has 4 nitrogen and oxygen atoms in total. The summed E-state index contributed by atoms with van der Waals surface area (Å²) < 4.78 is 5.09. The fourth-order valence-electron chi connectivity index (χ4n) is 1.56. The first-order valence-corrected chi connectivity index (χ1v) is 5.86. The Labute approximate surface area is 117 Å². The summed E-state index contributed by atoms with van der Waals surface area (Å²) in [6.45, 7) is 3.63. The predicted octanol–water partition coefficient (Wildman–Crippen LogP) is 2.32. The number of ether oxygens (including phenoxy) is 1. The number of phenols is 1. The molecule has 0 heterocycles. The number of allylic oxidation sites excluding steroid dienone is 1. The van der Waals surface area contributed by atoms with Gasteiger partial charge in [0.25, 0.3) is 0 Å². The van der Waals surface area contributed by atoms with Crippen molar-refractivity contribution < 1.29 is 9.84 Å². The van der Waals surface area contributed by atoms with Crippen LogP contribution in [0.1, 0.15) is 11.1 Å². The number of nitrogens with two attached hydrogens (primary N) is 1. The van der Waals surface area contributed by atoms with Crippen molar-refractivity contribution in [2.45, 2.75) is 6.42 Å². The summed E-state index contributed by atoms with van der Waals surface area (Å²) >= 11 is 4.78. The molecule has 0 saturated heterocycles. The van der Waals surface area contributed by atoms with E-state index in [1.165, 1.54) is 7.11 Å². The van der Waals surface area contributed by atoms with Crippen LogP contribution in [-0.2, 0) is 6.42 Å². The molecular formula is C14H14N2O2S. The number of aromatic hydroxyl groups is 1. The lowest BCUT2D eigenvalue weighted by atomic mass is 10.0. The van der Waals surface area contributed by atoms with Crippen LogP contribution in [0.15, 0.2) is 30.4 Å². The SMILES string of the molecule is C=CCc1cc(/C=C(/C#N)C(N)=S)cc(OC)c1O. The van der Waals surface area contributed by atoms with Crippen molar-refractivity contribution in [3.8, 4) is 17.6 Å². The molecule has 5 heteroatoms. The normalized spacial score (nSPS) is 10.6. The van der Waals surface area contributed by atoms with Crippen molar-refractivity contribution in [3.63, 3.8) is 0 Å². The maximum atomic E-state index is 9.94. The Balaban J connectivity index is 3.37. The van der Waals surface area contributed by atoms with Crippen LogP contribution in [0, 0.1) is 11.3 Å². The third kappa shape index (κ3) is 3.57. The van der Waals surface area contributed by atoms with E-state index in [-0.39, 0.29) is 16.3 Å². The number of rotatable bonds is 5. The van der Waals surface area contributed by atoms with Gasteiger partial charge in [-0.2, -0.15) is 5.26 Å². The second-order valence-electron chi connectivity index (χ2n) is 3.76. The van der Waals surface area contributed by atoms with E-state index in [1.54, 1.807) is 24.3 Å². The molecule has 1 aromatic rings. The molecule has 98 valence electrons. The Hall–Kier alpha value is -2.32. The van der Waals surface area contributed by atoms with Gasteiger partial charge in [0.05, 0.1) is 12.7 Å². The summed E-state index contributed by atoms with van der Waals surface area (Å²) in [6.07, 6.45) is 3.70. The summed E-state index contributed by atoms with van der Waals surface area (Å²) in [4.78, 5) is 0.0276. The number of nitrogens with zero attached hydrogens (tertiary/aromatic N) is 1. The first kappa shape index (κ1) is 14.7. The van der Waals surface area contributed by atoms with E-state index >= 15 is 0 Å². The molecule has 0 aromatic heterocycles. The van der Waals surface area contributed by atoms with E-state index in [4.69, 9.17) is 28.0 Å². The second-order valence-corrected chi connectivity index (χ2v) is 4.20. The summed E-state index contributed by atoms with van der Waals surface area (Å²) in [5, 5.41) is 18.9. The Morgan fingerprint density at radius 1 is 1.63 bits per heavy atom. The van der Waals surface area contributed by atoms with Crippen molar-refractivity contribution in [2.75, 3.05) is 7.11 Å². The van der Waals surface area contributed by atoms with Crippen LogP contribution in [0.5, 0.6) is 11.5 Å². The maximum absolute atomic E-state index is 9.94. The quantitative estimate of drug-likeness (QED) is 0.373. The molecule has 0 atom stereocenters. The molecule has 0 bridgehead atoms. The molecule has 1 aromatic carbocycles. The highest BCUT2D eigenvalue weighted by Gasteiger charge is 2.10. The van der Waals surface area contributed by atoms with Gasteiger partial charge in [-0.05, 0) is 30.2 Å². The third-order valence-electron chi connectivity index (χ3n) is 2.46. The molecule has 1 rings (SSSR count). The van der Waals surface area contributed by atoms with E-state index in [0.717, 1.165) is 0 Å². The van der Waals surface area contributed by atoms with Gasteiger partial charge in [0.1, 0.15) is 11.1 Å². The van der Waals surface area contributed by atoms with Gasteiger partial charge in [0, 0.05) is 5.56 Å². The minimum absolute atomic E-state index is 0.0276. The van der Waals surface area contributed by atoms with Gasteiger partial charge in [-0.3, -0.25) is 0 Å².